The smallest absolute Gasteiger partial charge is 0.341 e. The van der Waals surface area contributed by atoms with Gasteiger partial charge in [0.25, 0.3) is 5.91 Å². The van der Waals surface area contributed by atoms with Gasteiger partial charge in [0.2, 0.25) is 0 Å². The van der Waals surface area contributed by atoms with Crippen molar-refractivity contribution in [1.29, 1.82) is 5.41 Å². The van der Waals surface area contributed by atoms with E-state index in [2.05, 4.69) is 5.32 Å². The Bertz CT molecular complexity index is 943. The van der Waals surface area contributed by atoms with E-state index in [0.717, 1.165) is 0 Å². The molecule has 0 aliphatic rings. The number of nitrogens with two attached hydrogens (primary N) is 1. The van der Waals surface area contributed by atoms with Gasteiger partial charge in [-0.1, -0.05) is 0 Å². The second-order valence-electron chi connectivity index (χ2n) is 5.80. The maximum atomic E-state index is 12.1. The number of carboxylic acid groups (broad SMARTS) is 2. The summed E-state index contributed by atoms with van der Waals surface area (Å²) in [7, 11) is 0. The van der Waals surface area contributed by atoms with Crippen LogP contribution in [0.2, 0.25) is 0 Å². The molecule has 158 valence electrons. The van der Waals surface area contributed by atoms with E-state index in [9.17, 15) is 14.4 Å². The first kappa shape index (κ1) is 22.0. The molecule has 0 unspecified atom stereocenters. The Morgan fingerprint density at radius 1 is 0.867 bits per heavy atom. The van der Waals surface area contributed by atoms with Crippen LogP contribution in [0, 0.1) is 5.41 Å². The summed E-state index contributed by atoms with van der Waals surface area (Å²) in [5, 5.41) is 27.3. The molecule has 0 spiro atoms. The molecule has 30 heavy (non-hydrogen) atoms. The number of amidine groups is 1. The zero-order chi connectivity index (χ0) is 22.1. The van der Waals surface area contributed by atoms with Gasteiger partial charge in [-0.05, 0) is 36.4 Å². The summed E-state index contributed by atoms with van der Waals surface area (Å²) < 4.78 is 15.5. The molecule has 0 saturated carbocycles. The number of rotatable bonds is 11. The lowest BCUT2D eigenvalue weighted by Gasteiger charge is -2.13. The highest BCUT2D eigenvalue weighted by molar-refractivity contribution is 5.95. The maximum absolute atomic E-state index is 12.1. The fourth-order valence-corrected chi connectivity index (χ4v) is 2.17. The second-order valence-corrected chi connectivity index (χ2v) is 5.80. The highest BCUT2D eigenvalue weighted by Crippen LogP contribution is 2.30. The molecular weight excluding hydrogens is 398 g/mol. The van der Waals surface area contributed by atoms with Gasteiger partial charge in [-0.2, -0.15) is 0 Å². The first-order valence-electron chi connectivity index (χ1n) is 8.45. The number of carbonyl (C=O) groups excluding carboxylic acids is 1. The molecule has 0 saturated heterocycles. The third-order valence-electron chi connectivity index (χ3n) is 3.47. The number of hydrogen-bond acceptors (Lipinski definition) is 7. The quantitative estimate of drug-likeness (QED) is 0.262. The third-order valence-corrected chi connectivity index (χ3v) is 3.47. The van der Waals surface area contributed by atoms with E-state index >= 15 is 0 Å². The molecule has 0 aliphatic carbocycles. The minimum Gasteiger partial charge on any atom is -0.484 e. The van der Waals surface area contributed by atoms with Crippen LogP contribution in [0.5, 0.6) is 17.2 Å². The molecule has 0 heterocycles. The first-order chi connectivity index (χ1) is 14.2. The van der Waals surface area contributed by atoms with Crippen LogP contribution in [0.15, 0.2) is 42.5 Å². The van der Waals surface area contributed by atoms with Crippen molar-refractivity contribution < 1.29 is 38.8 Å². The highest BCUT2D eigenvalue weighted by atomic mass is 16.5. The number of amides is 1. The average Bonchev–Trinajstić information content (AvgIpc) is 2.70. The number of nitrogen functional groups attached to an aromatic ring is 1. The number of aliphatic carboxylic acids is 2. The number of carbonyl (C=O) groups is 3. The fraction of sp³-hybridized carbons (Fsp3) is 0.158. The number of hydrogen-bond donors (Lipinski definition) is 5. The van der Waals surface area contributed by atoms with Crippen molar-refractivity contribution in [3.05, 3.63) is 48.0 Å². The molecule has 0 aromatic heterocycles. The Labute approximate surface area is 170 Å². The molecule has 0 fully saturated rings. The largest absolute Gasteiger partial charge is 0.484 e. The minimum absolute atomic E-state index is 0.0125. The molecule has 0 radical (unpaired) electrons. The summed E-state index contributed by atoms with van der Waals surface area (Å²) in [6.07, 6.45) is 0. The molecule has 0 bridgehead atoms. The van der Waals surface area contributed by atoms with Gasteiger partial charge in [0.05, 0.1) is 0 Å². The molecule has 2 aromatic carbocycles. The van der Waals surface area contributed by atoms with Crippen molar-refractivity contribution in [1.82, 2.24) is 0 Å². The lowest BCUT2D eigenvalue weighted by Crippen LogP contribution is -2.20. The maximum Gasteiger partial charge on any atom is 0.341 e. The van der Waals surface area contributed by atoms with Crippen LogP contribution in [0.3, 0.4) is 0 Å². The van der Waals surface area contributed by atoms with Gasteiger partial charge in [0.15, 0.2) is 31.3 Å². The molecular formula is C19H19N3O8. The van der Waals surface area contributed by atoms with Crippen LogP contribution in [0.25, 0.3) is 0 Å². The Morgan fingerprint density at radius 3 is 2.03 bits per heavy atom. The normalized spacial score (nSPS) is 10.0. The van der Waals surface area contributed by atoms with Gasteiger partial charge in [0, 0.05) is 17.3 Å². The van der Waals surface area contributed by atoms with Crippen molar-refractivity contribution in [3.63, 3.8) is 0 Å². The van der Waals surface area contributed by atoms with Crippen molar-refractivity contribution in [3.8, 4) is 17.2 Å². The molecule has 2 rings (SSSR count). The average molecular weight is 417 g/mol. The van der Waals surface area contributed by atoms with Gasteiger partial charge in [-0.15, -0.1) is 0 Å². The van der Waals surface area contributed by atoms with Gasteiger partial charge in [0.1, 0.15) is 11.6 Å². The molecule has 11 nitrogen and oxygen atoms in total. The van der Waals surface area contributed by atoms with E-state index in [0.29, 0.717) is 11.3 Å². The lowest BCUT2D eigenvalue weighted by atomic mass is 10.2. The zero-order valence-electron chi connectivity index (χ0n) is 15.6. The van der Waals surface area contributed by atoms with E-state index in [1.807, 2.05) is 0 Å². The summed E-state index contributed by atoms with van der Waals surface area (Å²) >= 11 is 0. The highest BCUT2D eigenvalue weighted by Gasteiger charge is 2.12. The van der Waals surface area contributed by atoms with Crippen molar-refractivity contribution in [2.45, 2.75) is 0 Å². The van der Waals surface area contributed by atoms with E-state index in [-0.39, 0.29) is 29.6 Å². The van der Waals surface area contributed by atoms with Gasteiger partial charge >= 0.3 is 11.9 Å². The lowest BCUT2D eigenvalue weighted by molar-refractivity contribution is -0.140. The predicted octanol–water partition coefficient (Wildman–Crippen LogP) is 0.915. The predicted molar refractivity (Wildman–Crippen MR) is 104 cm³/mol. The summed E-state index contributed by atoms with van der Waals surface area (Å²) in [6.45, 7) is -1.65. The zero-order valence-corrected chi connectivity index (χ0v) is 15.6. The van der Waals surface area contributed by atoms with Crippen LogP contribution in [0.4, 0.5) is 5.69 Å². The first-order valence-corrected chi connectivity index (χ1v) is 8.45. The van der Waals surface area contributed by atoms with Gasteiger partial charge in [-0.25, -0.2) is 9.59 Å². The Hall–Kier alpha value is -4.28. The fourth-order valence-electron chi connectivity index (χ4n) is 2.17. The Kier molecular flexibility index (Phi) is 7.57. The van der Waals surface area contributed by atoms with Gasteiger partial charge in [-0.3, -0.25) is 10.2 Å². The van der Waals surface area contributed by atoms with E-state index in [1.54, 1.807) is 24.3 Å². The van der Waals surface area contributed by atoms with E-state index < -0.39 is 31.1 Å². The summed E-state index contributed by atoms with van der Waals surface area (Å²) in [4.78, 5) is 33.5. The van der Waals surface area contributed by atoms with Crippen LogP contribution in [-0.2, 0) is 14.4 Å². The number of benzene rings is 2. The SMILES string of the molecule is N=C(N)c1ccc(OCC(=O)Nc2ccc(OCC(=O)O)c(OCC(=O)O)c2)cc1. The number of ether oxygens (including phenoxy) is 3. The summed E-state index contributed by atoms with van der Waals surface area (Å²) in [5.74, 6) is -2.68. The monoisotopic (exact) mass is 417 g/mol. The van der Waals surface area contributed by atoms with E-state index in [1.165, 1.54) is 18.2 Å². The molecule has 11 heteroatoms. The third kappa shape index (κ3) is 7.03. The second kappa shape index (κ2) is 10.3. The molecule has 6 N–H and O–H groups in total. The minimum atomic E-state index is -1.24. The van der Waals surface area contributed by atoms with Crippen molar-refractivity contribution in [2.24, 2.45) is 5.73 Å². The van der Waals surface area contributed by atoms with E-state index in [4.69, 9.17) is 35.6 Å². The topological polar surface area (TPSA) is 181 Å². The number of anilines is 1. The van der Waals surface area contributed by atoms with Gasteiger partial charge < -0.3 is 35.5 Å². The van der Waals surface area contributed by atoms with Crippen LogP contribution in [0.1, 0.15) is 5.56 Å². The standard InChI is InChI=1S/C19H19N3O8/c20-19(21)11-1-4-13(5-2-11)28-8-16(23)22-12-3-6-14(29-9-17(24)25)15(7-12)30-10-18(26)27/h1-7H,8-10H2,(H3,20,21)(H,22,23)(H,24,25)(H,26,27). The Balaban J connectivity index is 2.00. The molecule has 2 aromatic rings. The molecule has 0 aliphatic heterocycles. The van der Waals surface area contributed by atoms with Crippen LogP contribution >= 0.6 is 0 Å². The van der Waals surface area contributed by atoms with Crippen LogP contribution in [-0.4, -0.2) is 53.7 Å². The Morgan fingerprint density at radius 2 is 1.47 bits per heavy atom. The summed E-state index contributed by atoms with van der Waals surface area (Å²) in [5.41, 5.74) is 6.15. The number of nitrogens with one attached hydrogen (secondary N) is 2. The van der Waals surface area contributed by atoms with Crippen molar-refractivity contribution >= 4 is 29.4 Å². The summed E-state index contributed by atoms with van der Waals surface area (Å²) in [6, 6.07) is 10.4. The molecule has 1 amide bonds. The van der Waals surface area contributed by atoms with Crippen LogP contribution < -0.4 is 25.3 Å². The molecule has 0 atom stereocenters. The number of carboxylic acids is 2. The van der Waals surface area contributed by atoms with Crippen molar-refractivity contribution in [2.75, 3.05) is 25.1 Å².